The second-order valence-corrected chi connectivity index (χ2v) is 5.49. The smallest absolute Gasteiger partial charge is 0.322 e. The minimum Gasteiger partial charge on any atom is -0.465 e. The van der Waals surface area contributed by atoms with Crippen molar-refractivity contribution in [1.82, 2.24) is 0 Å². The van der Waals surface area contributed by atoms with Gasteiger partial charge in [0, 0.05) is 6.54 Å². The molecule has 9 nitrogen and oxygen atoms in total. The minimum absolute atomic E-state index is 0.240. The predicted molar refractivity (Wildman–Crippen MR) is 98.4 cm³/mol. The molecule has 9 heteroatoms. The number of rotatable bonds is 13. The highest BCUT2D eigenvalue weighted by molar-refractivity contribution is 5.75. The molecule has 0 bridgehead atoms. The Bertz CT molecular complexity index is 332. The Morgan fingerprint density at radius 2 is 1.20 bits per heavy atom. The van der Waals surface area contributed by atoms with E-state index in [1.54, 1.807) is 6.92 Å². The number of hydrogen-bond donors (Lipinski definition) is 5. The molecule has 0 aliphatic heterocycles. The van der Waals surface area contributed by atoms with E-state index in [1.165, 1.54) is 0 Å². The van der Waals surface area contributed by atoms with E-state index in [9.17, 15) is 9.59 Å². The summed E-state index contributed by atoms with van der Waals surface area (Å²) in [6.07, 6.45) is 4.83. The molecular weight excluding hydrogens is 326 g/mol. The maximum Gasteiger partial charge on any atom is 0.322 e. The third-order valence-electron chi connectivity index (χ3n) is 3.19. The van der Waals surface area contributed by atoms with Crippen LogP contribution in [0.5, 0.6) is 0 Å². The molecule has 0 saturated carbocycles. The molecule has 0 saturated heterocycles. The molecule has 0 aliphatic rings. The zero-order valence-corrected chi connectivity index (χ0v) is 15.5. The third-order valence-corrected chi connectivity index (χ3v) is 3.19. The first-order chi connectivity index (χ1) is 11.9. The van der Waals surface area contributed by atoms with Gasteiger partial charge in [0.2, 0.25) is 0 Å². The van der Waals surface area contributed by atoms with Crippen LogP contribution in [0.3, 0.4) is 0 Å². The fraction of sp³-hybridized carbons (Fsp3) is 0.875. The summed E-state index contributed by atoms with van der Waals surface area (Å²) in [6, 6.07) is -1.01. The molecule has 0 aromatic heterocycles. The van der Waals surface area contributed by atoms with Gasteiger partial charge in [0.15, 0.2) is 0 Å². The summed E-state index contributed by atoms with van der Waals surface area (Å²) < 4.78 is 9.50. The lowest BCUT2D eigenvalue weighted by Crippen LogP contribution is -2.33. The van der Waals surface area contributed by atoms with Crippen molar-refractivity contribution in [2.45, 2.75) is 57.5 Å². The minimum atomic E-state index is -0.530. The van der Waals surface area contributed by atoms with Crippen LogP contribution in [-0.2, 0) is 19.1 Å². The lowest BCUT2D eigenvalue weighted by atomic mass is 10.1. The molecule has 0 amide bonds. The summed E-state index contributed by atoms with van der Waals surface area (Å²) in [5, 5.41) is 0. The Balaban J connectivity index is 0. The van der Waals surface area contributed by atoms with E-state index in [1.807, 2.05) is 0 Å². The van der Waals surface area contributed by atoms with Crippen molar-refractivity contribution in [2.24, 2.45) is 28.7 Å². The van der Waals surface area contributed by atoms with Crippen LogP contribution in [-0.4, -0.2) is 56.9 Å². The van der Waals surface area contributed by atoms with Crippen molar-refractivity contribution in [1.29, 1.82) is 0 Å². The van der Waals surface area contributed by atoms with Gasteiger partial charge >= 0.3 is 11.9 Å². The number of nitrogens with two attached hydrogens (primary N) is 5. The van der Waals surface area contributed by atoms with Gasteiger partial charge < -0.3 is 38.1 Å². The number of unbranched alkanes of at least 4 members (excludes halogenated alkanes) is 2. The van der Waals surface area contributed by atoms with E-state index in [2.05, 4.69) is 0 Å². The van der Waals surface area contributed by atoms with Crippen LogP contribution in [0.15, 0.2) is 0 Å². The highest BCUT2D eigenvalue weighted by atomic mass is 16.5. The number of ether oxygens (including phenoxy) is 2. The van der Waals surface area contributed by atoms with Gasteiger partial charge in [-0.15, -0.1) is 0 Å². The lowest BCUT2D eigenvalue weighted by Gasteiger charge is -2.10. The quantitative estimate of drug-likeness (QED) is 0.201. The number of hydrogen-bond acceptors (Lipinski definition) is 9. The van der Waals surface area contributed by atoms with Crippen LogP contribution in [0.4, 0.5) is 0 Å². The van der Waals surface area contributed by atoms with Crippen LogP contribution >= 0.6 is 0 Å². The van der Waals surface area contributed by atoms with Crippen LogP contribution in [0.1, 0.15) is 45.4 Å². The van der Waals surface area contributed by atoms with E-state index in [0.717, 1.165) is 25.7 Å². The summed E-state index contributed by atoms with van der Waals surface area (Å²) in [7, 11) is 0. The van der Waals surface area contributed by atoms with Crippen molar-refractivity contribution >= 4 is 11.9 Å². The fourth-order valence-electron chi connectivity index (χ4n) is 1.77. The molecule has 150 valence electrons. The highest BCUT2D eigenvalue weighted by Gasteiger charge is 2.13. The Morgan fingerprint density at radius 3 is 1.56 bits per heavy atom. The van der Waals surface area contributed by atoms with E-state index in [0.29, 0.717) is 39.1 Å². The Kier molecular flexibility index (Phi) is 19.8. The van der Waals surface area contributed by atoms with Crippen molar-refractivity contribution in [3.8, 4) is 0 Å². The zero-order chi connectivity index (χ0) is 19.5. The maximum atomic E-state index is 11.1. The molecule has 0 spiro atoms. The molecule has 0 heterocycles. The van der Waals surface area contributed by atoms with Crippen molar-refractivity contribution in [2.75, 3.05) is 32.8 Å². The van der Waals surface area contributed by atoms with Gasteiger partial charge in [-0.1, -0.05) is 12.8 Å². The predicted octanol–water partition coefficient (Wildman–Crippen LogP) is -1.05. The van der Waals surface area contributed by atoms with Gasteiger partial charge in [0.05, 0.1) is 6.61 Å². The molecule has 0 rings (SSSR count). The second kappa shape index (κ2) is 19.1. The first-order valence-electron chi connectivity index (χ1n) is 8.89. The standard InChI is InChI=1S/C8H19N3O2.C8H18N2O2/c9-4-2-1-3-7(11)8(12)13-6-5-10;1-2-12-8(11)7(10)5-3-4-6-9/h7H,1-6,9-11H2;7H,2-6,9-10H2,1H3. The zero-order valence-electron chi connectivity index (χ0n) is 15.5. The van der Waals surface area contributed by atoms with Crippen molar-refractivity contribution in [3.63, 3.8) is 0 Å². The topological polar surface area (TPSA) is 183 Å². The van der Waals surface area contributed by atoms with Crippen LogP contribution in [0.2, 0.25) is 0 Å². The van der Waals surface area contributed by atoms with Gasteiger partial charge in [-0.25, -0.2) is 0 Å². The summed E-state index contributed by atoms with van der Waals surface area (Å²) in [6.45, 7) is 4.01. The summed E-state index contributed by atoms with van der Waals surface area (Å²) in [5.74, 6) is -0.683. The summed E-state index contributed by atoms with van der Waals surface area (Å²) in [4.78, 5) is 22.0. The van der Waals surface area contributed by atoms with Gasteiger partial charge in [-0.3, -0.25) is 9.59 Å². The molecular formula is C16H37N5O4. The van der Waals surface area contributed by atoms with E-state index < -0.39 is 12.1 Å². The van der Waals surface area contributed by atoms with Crippen LogP contribution < -0.4 is 28.7 Å². The van der Waals surface area contributed by atoms with Gasteiger partial charge in [0.1, 0.15) is 18.7 Å². The second-order valence-electron chi connectivity index (χ2n) is 5.49. The molecule has 0 aromatic carbocycles. The average molecular weight is 364 g/mol. The molecule has 2 atom stereocenters. The molecule has 0 radical (unpaired) electrons. The van der Waals surface area contributed by atoms with Gasteiger partial charge in [-0.2, -0.15) is 0 Å². The normalized spacial score (nSPS) is 12.6. The summed E-state index contributed by atoms with van der Waals surface area (Å²) >= 11 is 0. The van der Waals surface area contributed by atoms with Crippen LogP contribution in [0.25, 0.3) is 0 Å². The molecule has 2 unspecified atom stereocenters. The Morgan fingerprint density at radius 1 is 0.760 bits per heavy atom. The number of esters is 2. The fourth-order valence-corrected chi connectivity index (χ4v) is 1.77. The van der Waals surface area contributed by atoms with E-state index >= 15 is 0 Å². The third kappa shape index (κ3) is 17.4. The first-order valence-corrected chi connectivity index (χ1v) is 8.89. The highest BCUT2D eigenvalue weighted by Crippen LogP contribution is 2.00. The summed E-state index contributed by atoms with van der Waals surface area (Å²) in [5.41, 5.74) is 26.8. The average Bonchev–Trinajstić information content (AvgIpc) is 2.60. The number of carbonyl (C=O) groups is 2. The van der Waals surface area contributed by atoms with Crippen molar-refractivity contribution < 1.29 is 19.1 Å². The van der Waals surface area contributed by atoms with Gasteiger partial charge in [-0.05, 0) is 45.7 Å². The first kappa shape index (κ1) is 26.0. The number of carbonyl (C=O) groups excluding carboxylic acids is 2. The maximum absolute atomic E-state index is 11.1. The molecule has 0 aliphatic carbocycles. The lowest BCUT2D eigenvalue weighted by molar-refractivity contribution is -0.145. The molecule has 0 fully saturated rings. The van der Waals surface area contributed by atoms with Crippen LogP contribution in [0, 0.1) is 0 Å². The van der Waals surface area contributed by atoms with E-state index in [4.69, 9.17) is 38.1 Å². The Labute approximate surface area is 150 Å². The SMILES string of the molecule is CCOC(=O)C(N)CCCCN.NCCCCC(N)C(=O)OCCN. The molecule has 10 N–H and O–H groups in total. The Hall–Kier alpha value is -1.26. The van der Waals surface area contributed by atoms with Crippen molar-refractivity contribution in [3.05, 3.63) is 0 Å². The molecule has 25 heavy (non-hydrogen) atoms. The monoisotopic (exact) mass is 363 g/mol. The molecule has 0 aromatic rings. The van der Waals surface area contributed by atoms with Gasteiger partial charge in [0.25, 0.3) is 0 Å². The van der Waals surface area contributed by atoms with E-state index in [-0.39, 0.29) is 18.5 Å². The largest absolute Gasteiger partial charge is 0.465 e.